The second kappa shape index (κ2) is 8.37. The summed E-state index contributed by atoms with van der Waals surface area (Å²) in [4.78, 5) is 33.5. The van der Waals surface area contributed by atoms with Crippen LogP contribution in [0.25, 0.3) is 21.3 Å². The molecule has 0 aliphatic heterocycles. The standard InChI is InChI=1S/C21H18N2O5S2/c1-11-16(12-5-4-6-13(9-12)26-2)17-18(24)22-21(23-19(17)30-11)29-10-14-7-8-15(28-14)20(25)27-3/h4-9H,10H2,1-3H3,(H,22,23,24). The first-order chi connectivity index (χ1) is 14.5. The summed E-state index contributed by atoms with van der Waals surface area (Å²) in [5, 5.41) is 1.06. The van der Waals surface area contributed by atoms with Gasteiger partial charge >= 0.3 is 5.97 Å². The minimum atomic E-state index is -0.529. The van der Waals surface area contributed by atoms with Crippen LogP contribution in [0.3, 0.4) is 0 Å². The minimum Gasteiger partial charge on any atom is -0.497 e. The highest BCUT2D eigenvalue weighted by Crippen LogP contribution is 2.37. The highest BCUT2D eigenvalue weighted by atomic mass is 32.2. The van der Waals surface area contributed by atoms with Crippen LogP contribution in [0, 0.1) is 6.92 Å². The Morgan fingerprint density at radius 1 is 1.27 bits per heavy atom. The maximum absolute atomic E-state index is 12.9. The van der Waals surface area contributed by atoms with E-state index in [4.69, 9.17) is 9.15 Å². The number of esters is 1. The lowest BCUT2D eigenvalue weighted by Crippen LogP contribution is -2.08. The van der Waals surface area contributed by atoms with Gasteiger partial charge in [0.05, 0.1) is 25.4 Å². The van der Waals surface area contributed by atoms with Crippen LogP contribution in [-0.4, -0.2) is 30.2 Å². The molecule has 154 valence electrons. The van der Waals surface area contributed by atoms with Crippen molar-refractivity contribution >= 4 is 39.3 Å². The highest BCUT2D eigenvalue weighted by molar-refractivity contribution is 7.98. The number of hydrogen-bond acceptors (Lipinski definition) is 8. The number of hydrogen-bond donors (Lipinski definition) is 1. The summed E-state index contributed by atoms with van der Waals surface area (Å²) in [6.45, 7) is 1.98. The van der Waals surface area contributed by atoms with Gasteiger partial charge in [0.15, 0.2) is 5.16 Å². The summed E-state index contributed by atoms with van der Waals surface area (Å²) in [5.74, 6) is 1.34. The monoisotopic (exact) mass is 442 g/mol. The number of furan rings is 1. The third-order valence-corrected chi connectivity index (χ3v) is 6.37. The molecule has 0 amide bonds. The maximum atomic E-state index is 12.9. The summed E-state index contributed by atoms with van der Waals surface area (Å²) in [7, 11) is 2.91. The van der Waals surface area contributed by atoms with E-state index in [1.165, 1.54) is 30.2 Å². The molecule has 1 N–H and O–H groups in total. The molecule has 0 saturated heterocycles. The van der Waals surface area contributed by atoms with Crippen LogP contribution < -0.4 is 10.3 Å². The van der Waals surface area contributed by atoms with Crippen molar-refractivity contribution < 1.29 is 18.7 Å². The molecule has 0 aliphatic rings. The smallest absolute Gasteiger partial charge is 0.373 e. The lowest BCUT2D eigenvalue weighted by Gasteiger charge is -2.05. The Balaban J connectivity index is 1.64. The highest BCUT2D eigenvalue weighted by Gasteiger charge is 2.18. The maximum Gasteiger partial charge on any atom is 0.373 e. The number of nitrogens with zero attached hydrogens (tertiary/aromatic N) is 1. The summed E-state index contributed by atoms with van der Waals surface area (Å²) in [6, 6.07) is 10.9. The predicted octanol–water partition coefficient (Wildman–Crippen LogP) is 4.64. The van der Waals surface area contributed by atoms with Crippen LogP contribution in [-0.2, 0) is 10.5 Å². The molecule has 3 aromatic heterocycles. The Morgan fingerprint density at radius 2 is 2.10 bits per heavy atom. The third kappa shape index (κ3) is 3.86. The van der Waals surface area contributed by atoms with Crippen LogP contribution in [0.1, 0.15) is 21.2 Å². The molecule has 4 rings (SSSR count). The molecule has 3 heterocycles. The zero-order valence-corrected chi connectivity index (χ0v) is 18.1. The number of carbonyl (C=O) groups is 1. The summed E-state index contributed by atoms with van der Waals surface area (Å²) < 4.78 is 15.4. The second-order valence-electron chi connectivity index (χ2n) is 6.36. The molecule has 0 atom stereocenters. The van der Waals surface area contributed by atoms with Gasteiger partial charge in [0.2, 0.25) is 5.76 Å². The number of nitrogens with one attached hydrogen (secondary N) is 1. The number of aryl methyl sites for hydroxylation is 1. The van der Waals surface area contributed by atoms with Gasteiger partial charge in [-0.15, -0.1) is 11.3 Å². The topological polar surface area (TPSA) is 94.4 Å². The number of thiophene rings is 1. The fraction of sp³-hybridized carbons (Fsp3) is 0.190. The van der Waals surface area contributed by atoms with Gasteiger partial charge in [0.25, 0.3) is 5.56 Å². The van der Waals surface area contributed by atoms with Crippen molar-refractivity contribution in [2.24, 2.45) is 0 Å². The summed E-state index contributed by atoms with van der Waals surface area (Å²) in [5.41, 5.74) is 1.59. The van der Waals surface area contributed by atoms with Gasteiger partial charge < -0.3 is 18.9 Å². The van der Waals surface area contributed by atoms with Crippen LogP contribution in [0.15, 0.2) is 50.8 Å². The number of carbonyl (C=O) groups excluding carboxylic acids is 1. The van der Waals surface area contributed by atoms with Gasteiger partial charge in [0, 0.05) is 10.4 Å². The van der Waals surface area contributed by atoms with Crippen molar-refractivity contribution in [3.63, 3.8) is 0 Å². The number of aromatic nitrogens is 2. The normalized spacial score (nSPS) is 11.0. The van der Waals surface area contributed by atoms with Crippen LogP contribution in [0.5, 0.6) is 5.75 Å². The lowest BCUT2D eigenvalue weighted by molar-refractivity contribution is 0.0563. The molecule has 0 saturated carbocycles. The van der Waals surface area contributed by atoms with Crippen LogP contribution >= 0.6 is 23.1 Å². The van der Waals surface area contributed by atoms with Crippen molar-refractivity contribution in [2.75, 3.05) is 14.2 Å². The molecule has 0 radical (unpaired) electrons. The first-order valence-electron chi connectivity index (χ1n) is 8.98. The number of benzene rings is 1. The van der Waals surface area contributed by atoms with E-state index in [0.29, 0.717) is 26.9 Å². The van der Waals surface area contributed by atoms with E-state index in [-0.39, 0.29) is 11.3 Å². The average Bonchev–Trinajstić information content (AvgIpc) is 3.36. The van der Waals surface area contributed by atoms with E-state index in [1.807, 2.05) is 31.2 Å². The first-order valence-corrected chi connectivity index (χ1v) is 10.8. The number of methoxy groups -OCH3 is 2. The molecule has 7 nitrogen and oxygen atoms in total. The van der Waals surface area contributed by atoms with E-state index >= 15 is 0 Å². The Hall–Kier alpha value is -3.04. The van der Waals surface area contributed by atoms with Gasteiger partial charge in [-0.05, 0) is 36.8 Å². The molecule has 4 aromatic rings. The fourth-order valence-electron chi connectivity index (χ4n) is 3.10. The van der Waals surface area contributed by atoms with Gasteiger partial charge in [-0.3, -0.25) is 4.79 Å². The minimum absolute atomic E-state index is 0.141. The Kier molecular flexibility index (Phi) is 5.65. The number of ether oxygens (including phenoxy) is 2. The third-order valence-electron chi connectivity index (χ3n) is 4.47. The molecule has 0 aliphatic carbocycles. The SMILES string of the molecule is COC(=O)c1ccc(CSc2nc3sc(C)c(-c4cccc(OC)c4)c3c(=O)[nH]2)o1. The zero-order valence-electron chi connectivity index (χ0n) is 16.5. The molecule has 0 bridgehead atoms. The quantitative estimate of drug-likeness (QED) is 0.264. The summed E-state index contributed by atoms with van der Waals surface area (Å²) >= 11 is 2.80. The zero-order chi connectivity index (χ0) is 21.3. The Bertz CT molecular complexity index is 1290. The molecule has 0 spiro atoms. The molecule has 1 aromatic carbocycles. The van der Waals surface area contributed by atoms with Crippen molar-refractivity contribution in [3.05, 3.63) is 63.1 Å². The Labute approximate surface area is 180 Å². The average molecular weight is 443 g/mol. The van der Waals surface area contributed by atoms with Gasteiger partial charge in [-0.2, -0.15) is 0 Å². The first kappa shape index (κ1) is 20.2. The number of rotatable bonds is 6. The van der Waals surface area contributed by atoms with E-state index in [9.17, 15) is 9.59 Å². The largest absolute Gasteiger partial charge is 0.497 e. The van der Waals surface area contributed by atoms with Crippen LogP contribution in [0.4, 0.5) is 0 Å². The number of fused-ring (bicyclic) bond motifs is 1. The van der Waals surface area contributed by atoms with Crippen LogP contribution in [0.2, 0.25) is 0 Å². The van der Waals surface area contributed by atoms with E-state index in [2.05, 4.69) is 14.7 Å². The van der Waals surface area contributed by atoms with Crippen molar-refractivity contribution in [3.8, 4) is 16.9 Å². The van der Waals surface area contributed by atoms with E-state index < -0.39 is 5.97 Å². The molecule has 0 fully saturated rings. The van der Waals surface area contributed by atoms with Gasteiger partial charge in [0.1, 0.15) is 16.3 Å². The van der Waals surface area contributed by atoms with Gasteiger partial charge in [-0.25, -0.2) is 9.78 Å². The molecule has 0 unspecified atom stereocenters. The molecule has 30 heavy (non-hydrogen) atoms. The van der Waals surface area contributed by atoms with Crippen molar-refractivity contribution in [1.29, 1.82) is 0 Å². The van der Waals surface area contributed by atoms with E-state index in [1.54, 1.807) is 19.2 Å². The van der Waals surface area contributed by atoms with E-state index in [0.717, 1.165) is 21.8 Å². The Morgan fingerprint density at radius 3 is 2.87 bits per heavy atom. The fourth-order valence-corrected chi connectivity index (χ4v) is 4.96. The van der Waals surface area contributed by atoms with Crippen molar-refractivity contribution in [1.82, 2.24) is 9.97 Å². The van der Waals surface area contributed by atoms with Gasteiger partial charge in [-0.1, -0.05) is 23.9 Å². The summed E-state index contributed by atoms with van der Waals surface area (Å²) in [6.07, 6.45) is 0. The van der Waals surface area contributed by atoms with Crippen molar-refractivity contribution in [2.45, 2.75) is 17.8 Å². The molecular formula is C21H18N2O5S2. The lowest BCUT2D eigenvalue weighted by atomic mass is 10.0. The number of aromatic amines is 1. The predicted molar refractivity (Wildman–Crippen MR) is 117 cm³/mol. The second-order valence-corrected chi connectivity index (χ2v) is 8.53. The molecule has 9 heteroatoms. The molecular weight excluding hydrogens is 424 g/mol. The number of H-pyrrole nitrogens is 1. The number of thioether (sulfide) groups is 1.